The zero-order valence-corrected chi connectivity index (χ0v) is 15.2. The summed E-state index contributed by atoms with van der Waals surface area (Å²) in [7, 11) is 0. The van der Waals surface area contributed by atoms with Crippen molar-refractivity contribution in [3.8, 4) is 5.75 Å². The number of amides is 1. The smallest absolute Gasteiger partial charge is 0.220 e. The van der Waals surface area contributed by atoms with Crippen molar-refractivity contribution in [3.05, 3.63) is 29.3 Å². The highest BCUT2D eigenvalue weighted by atomic mass is 35.5. The molecule has 1 amide bonds. The first-order valence-corrected chi connectivity index (χ1v) is 8.26. The number of benzene rings is 1. The highest BCUT2D eigenvalue weighted by molar-refractivity contribution is 5.85. The number of carbonyl (C=O) groups is 1. The van der Waals surface area contributed by atoms with Gasteiger partial charge in [-0.05, 0) is 62.4 Å². The van der Waals surface area contributed by atoms with Crippen molar-refractivity contribution in [3.63, 3.8) is 0 Å². The maximum Gasteiger partial charge on any atom is 0.220 e. The van der Waals surface area contributed by atoms with Crippen LogP contribution >= 0.6 is 12.4 Å². The molecule has 0 aromatic heterocycles. The summed E-state index contributed by atoms with van der Waals surface area (Å²) < 4.78 is 5.71. The monoisotopic (exact) mass is 340 g/mol. The van der Waals surface area contributed by atoms with Crippen LogP contribution in [0.2, 0.25) is 0 Å². The van der Waals surface area contributed by atoms with Crippen molar-refractivity contribution >= 4 is 18.3 Å². The average Bonchev–Trinajstić information content (AvgIpc) is 2.49. The number of hydrogen-bond acceptors (Lipinski definition) is 3. The predicted octanol–water partition coefficient (Wildman–Crippen LogP) is 3.00. The molecule has 1 aliphatic heterocycles. The van der Waals surface area contributed by atoms with Crippen LogP contribution < -0.4 is 15.4 Å². The molecule has 1 aliphatic rings. The standard InChI is InChI=1S/C18H28N2O2.ClH/c1-13-6-7-16(11-15(13)3)22-10-4-5-18(21)20-17-12-19-9-8-14(17)2;/h6-7,11,14,17,19H,4-5,8-10,12H2,1-3H3,(H,20,21);1H. The molecule has 130 valence electrons. The molecular weight excluding hydrogens is 312 g/mol. The Morgan fingerprint density at radius 3 is 2.83 bits per heavy atom. The summed E-state index contributed by atoms with van der Waals surface area (Å²) in [5.41, 5.74) is 2.50. The number of ether oxygens (including phenoxy) is 1. The van der Waals surface area contributed by atoms with Gasteiger partial charge in [-0.3, -0.25) is 4.79 Å². The molecule has 5 heteroatoms. The third-order valence-corrected chi connectivity index (χ3v) is 4.47. The van der Waals surface area contributed by atoms with Gasteiger partial charge in [0.25, 0.3) is 0 Å². The lowest BCUT2D eigenvalue weighted by Crippen LogP contribution is -2.50. The molecule has 0 spiro atoms. The molecule has 2 rings (SSSR count). The minimum atomic E-state index is 0. The van der Waals surface area contributed by atoms with Crippen LogP contribution in [0.25, 0.3) is 0 Å². The van der Waals surface area contributed by atoms with Gasteiger partial charge in [-0.2, -0.15) is 0 Å². The van der Waals surface area contributed by atoms with E-state index in [0.29, 0.717) is 18.9 Å². The minimum absolute atomic E-state index is 0. The number of halogens is 1. The molecule has 1 aromatic carbocycles. The van der Waals surface area contributed by atoms with Crippen LogP contribution in [0.5, 0.6) is 5.75 Å². The van der Waals surface area contributed by atoms with E-state index in [1.807, 2.05) is 12.1 Å². The van der Waals surface area contributed by atoms with Crippen LogP contribution in [-0.4, -0.2) is 31.6 Å². The van der Waals surface area contributed by atoms with Gasteiger partial charge in [0.05, 0.1) is 6.61 Å². The summed E-state index contributed by atoms with van der Waals surface area (Å²) in [5, 5.41) is 6.46. The summed E-state index contributed by atoms with van der Waals surface area (Å²) in [5.74, 6) is 1.56. The Balaban J connectivity index is 0.00000264. The number of rotatable bonds is 6. The number of aryl methyl sites for hydroxylation is 2. The van der Waals surface area contributed by atoms with E-state index in [2.05, 4.69) is 37.5 Å². The molecule has 1 heterocycles. The van der Waals surface area contributed by atoms with Crippen LogP contribution in [0.4, 0.5) is 0 Å². The second-order valence-electron chi connectivity index (χ2n) is 6.34. The Morgan fingerprint density at radius 2 is 2.13 bits per heavy atom. The zero-order valence-electron chi connectivity index (χ0n) is 14.4. The van der Waals surface area contributed by atoms with Crippen molar-refractivity contribution in [2.45, 2.75) is 46.1 Å². The van der Waals surface area contributed by atoms with E-state index < -0.39 is 0 Å². The van der Waals surface area contributed by atoms with E-state index in [9.17, 15) is 4.79 Å². The summed E-state index contributed by atoms with van der Waals surface area (Å²) >= 11 is 0. The molecule has 2 atom stereocenters. The molecule has 23 heavy (non-hydrogen) atoms. The summed E-state index contributed by atoms with van der Waals surface area (Å²) in [6, 6.07) is 6.36. The molecule has 0 saturated carbocycles. The molecule has 2 unspecified atom stereocenters. The lowest BCUT2D eigenvalue weighted by atomic mass is 9.95. The molecule has 0 bridgehead atoms. The van der Waals surface area contributed by atoms with Crippen molar-refractivity contribution in [1.82, 2.24) is 10.6 Å². The van der Waals surface area contributed by atoms with Crippen molar-refractivity contribution < 1.29 is 9.53 Å². The highest BCUT2D eigenvalue weighted by Gasteiger charge is 2.22. The third kappa shape index (κ3) is 6.40. The zero-order chi connectivity index (χ0) is 15.9. The Labute approximate surface area is 145 Å². The van der Waals surface area contributed by atoms with Crippen LogP contribution in [0, 0.1) is 19.8 Å². The molecule has 1 saturated heterocycles. The maximum atomic E-state index is 12.0. The first-order valence-electron chi connectivity index (χ1n) is 8.26. The topological polar surface area (TPSA) is 50.4 Å². The fourth-order valence-corrected chi connectivity index (χ4v) is 2.69. The fourth-order valence-electron chi connectivity index (χ4n) is 2.69. The van der Waals surface area contributed by atoms with Crippen LogP contribution in [0.1, 0.15) is 37.3 Å². The first-order chi connectivity index (χ1) is 10.6. The number of carbonyl (C=O) groups excluding carboxylic acids is 1. The summed E-state index contributed by atoms with van der Waals surface area (Å²) in [6.45, 7) is 8.88. The van der Waals surface area contributed by atoms with Gasteiger partial charge in [0.2, 0.25) is 5.91 Å². The maximum absolute atomic E-state index is 12.0. The Morgan fingerprint density at radius 1 is 1.35 bits per heavy atom. The van der Waals surface area contributed by atoms with Crippen molar-refractivity contribution in [1.29, 1.82) is 0 Å². The van der Waals surface area contributed by atoms with E-state index in [1.165, 1.54) is 11.1 Å². The van der Waals surface area contributed by atoms with Gasteiger partial charge in [-0.15, -0.1) is 12.4 Å². The first kappa shape index (κ1) is 19.8. The number of piperidine rings is 1. The van der Waals surface area contributed by atoms with E-state index in [-0.39, 0.29) is 24.4 Å². The lowest BCUT2D eigenvalue weighted by molar-refractivity contribution is -0.122. The van der Waals surface area contributed by atoms with Gasteiger partial charge in [0.15, 0.2) is 0 Å². The summed E-state index contributed by atoms with van der Waals surface area (Å²) in [4.78, 5) is 12.0. The van der Waals surface area contributed by atoms with Crippen molar-refractivity contribution in [2.24, 2.45) is 5.92 Å². The van der Waals surface area contributed by atoms with E-state index in [0.717, 1.165) is 31.7 Å². The SMILES string of the molecule is Cc1ccc(OCCCC(=O)NC2CNCCC2C)cc1C.Cl. The Bertz CT molecular complexity index is 508. The Hall–Kier alpha value is -1.26. The van der Waals surface area contributed by atoms with E-state index >= 15 is 0 Å². The average molecular weight is 341 g/mol. The second kappa shape index (κ2) is 9.78. The predicted molar refractivity (Wildman–Crippen MR) is 96.5 cm³/mol. The van der Waals surface area contributed by atoms with Gasteiger partial charge in [-0.25, -0.2) is 0 Å². The van der Waals surface area contributed by atoms with Gasteiger partial charge in [0.1, 0.15) is 5.75 Å². The molecule has 1 fully saturated rings. The number of nitrogens with one attached hydrogen (secondary N) is 2. The molecule has 1 aromatic rings. The Kier molecular flexibility index (Phi) is 8.42. The van der Waals surface area contributed by atoms with E-state index in [1.54, 1.807) is 0 Å². The molecule has 0 radical (unpaired) electrons. The van der Waals surface area contributed by atoms with Crippen LogP contribution in [0.15, 0.2) is 18.2 Å². The minimum Gasteiger partial charge on any atom is -0.494 e. The normalized spacial score (nSPS) is 20.5. The third-order valence-electron chi connectivity index (χ3n) is 4.47. The largest absolute Gasteiger partial charge is 0.494 e. The lowest BCUT2D eigenvalue weighted by Gasteiger charge is -2.30. The highest BCUT2D eigenvalue weighted by Crippen LogP contribution is 2.16. The van der Waals surface area contributed by atoms with Gasteiger partial charge >= 0.3 is 0 Å². The van der Waals surface area contributed by atoms with Gasteiger partial charge in [0, 0.05) is 19.0 Å². The van der Waals surface area contributed by atoms with E-state index in [4.69, 9.17) is 4.74 Å². The quantitative estimate of drug-likeness (QED) is 0.783. The number of hydrogen-bond donors (Lipinski definition) is 2. The molecular formula is C18H29ClN2O2. The second-order valence-corrected chi connectivity index (χ2v) is 6.34. The van der Waals surface area contributed by atoms with Crippen LogP contribution in [0.3, 0.4) is 0 Å². The molecule has 4 nitrogen and oxygen atoms in total. The van der Waals surface area contributed by atoms with Crippen LogP contribution in [-0.2, 0) is 4.79 Å². The molecule has 2 N–H and O–H groups in total. The summed E-state index contributed by atoms with van der Waals surface area (Å²) in [6.07, 6.45) is 2.39. The van der Waals surface area contributed by atoms with Gasteiger partial charge in [-0.1, -0.05) is 13.0 Å². The molecule has 0 aliphatic carbocycles. The fraction of sp³-hybridized carbons (Fsp3) is 0.611. The van der Waals surface area contributed by atoms with Gasteiger partial charge < -0.3 is 15.4 Å². The van der Waals surface area contributed by atoms with Crippen molar-refractivity contribution in [2.75, 3.05) is 19.7 Å².